The van der Waals surface area contributed by atoms with E-state index < -0.39 is 23.4 Å². The summed E-state index contributed by atoms with van der Waals surface area (Å²) in [5.41, 5.74) is 0. The maximum atomic E-state index is 12.9. The summed E-state index contributed by atoms with van der Waals surface area (Å²) >= 11 is 0. The van der Waals surface area contributed by atoms with Crippen LogP contribution in [0.3, 0.4) is 0 Å². The lowest BCUT2D eigenvalue weighted by Crippen LogP contribution is -2.31. The van der Waals surface area contributed by atoms with Gasteiger partial charge in [-0.1, -0.05) is 0 Å². The maximum absolute atomic E-state index is 12.9. The molecule has 7 nitrogen and oxygen atoms in total. The Morgan fingerprint density at radius 1 is 1.35 bits per heavy atom. The second-order valence-electron chi connectivity index (χ2n) is 4.04. The third-order valence-electron chi connectivity index (χ3n) is 2.58. The molecule has 0 saturated carbocycles. The first-order valence-electron chi connectivity index (χ1n) is 6.11. The van der Waals surface area contributed by atoms with Crippen molar-refractivity contribution in [2.75, 3.05) is 26.5 Å². The zero-order valence-corrected chi connectivity index (χ0v) is 13.7. The first kappa shape index (κ1) is 17.4. The molecule has 0 N–H and O–H groups in total. The molecule has 0 aliphatic heterocycles. The van der Waals surface area contributed by atoms with Crippen molar-refractivity contribution in [3.8, 4) is 0 Å². The van der Waals surface area contributed by atoms with Crippen LogP contribution >= 0.6 is 7.60 Å². The van der Waals surface area contributed by atoms with Gasteiger partial charge in [0.05, 0.1) is 25.7 Å². The van der Waals surface area contributed by atoms with E-state index in [1.165, 1.54) is 19.4 Å². The molecule has 20 heavy (non-hydrogen) atoms. The van der Waals surface area contributed by atoms with E-state index >= 15 is 0 Å². The van der Waals surface area contributed by atoms with Gasteiger partial charge < -0.3 is 13.5 Å². The van der Waals surface area contributed by atoms with Gasteiger partial charge in [-0.2, -0.15) is 4.31 Å². The van der Waals surface area contributed by atoms with Crippen LogP contribution in [0.4, 0.5) is 0 Å². The molecule has 0 amide bonds. The van der Waals surface area contributed by atoms with E-state index in [9.17, 15) is 13.0 Å². The average molecular weight is 325 g/mol. The fourth-order valence-electron chi connectivity index (χ4n) is 1.69. The van der Waals surface area contributed by atoms with Gasteiger partial charge in [0.2, 0.25) is 10.0 Å². The number of furan rings is 1. The van der Waals surface area contributed by atoms with Crippen LogP contribution in [0.1, 0.15) is 25.4 Å². The van der Waals surface area contributed by atoms with Crippen molar-refractivity contribution < 1.29 is 26.4 Å². The first-order valence-corrected chi connectivity index (χ1v) is 9.57. The number of hydrogen-bond acceptors (Lipinski definition) is 6. The minimum absolute atomic E-state index is 0.131. The Balaban J connectivity index is 3.33. The molecular formula is C11H20NO6PS. The van der Waals surface area contributed by atoms with Gasteiger partial charge in [0.1, 0.15) is 5.76 Å². The Labute approximate surface area is 119 Å². The van der Waals surface area contributed by atoms with Gasteiger partial charge in [-0.3, -0.25) is 4.57 Å². The molecule has 1 aromatic rings. The highest BCUT2D eigenvalue weighted by molar-refractivity contribution is 7.88. The fourth-order valence-corrected chi connectivity index (χ4v) is 4.95. The Kier molecular flexibility index (Phi) is 5.97. The normalized spacial score (nSPS) is 14.7. The Hall–Kier alpha value is -0.660. The van der Waals surface area contributed by atoms with Gasteiger partial charge in [0.15, 0.2) is 5.78 Å². The van der Waals surface area contributed by atoms with Crippen LogP contribution in [0.2, 0.25) is 0 Å². The summed E-state index contributed by atoms with van der Waals surface area (Å²) in [5, 5.41) is 0. The van der Waals surface area contributed by atoms with Crippen molar-refractivity contribution in [3.63, 3.8) is 0 Å². The van der Waals surface area contributed by atoms with Crippen LogP contribution in [0, 0.1) is 0 Å². The summed E-state index contributed by atoms with van der Waals surface area (Å²) in [4.78, 5) is 0. The van der Waals surface area contributed by atoms with Crippen molar-refractivity contribution in [1.82, 2.24) is 4.31 Å². The summed E-state index contributed by atoms with van der Waals surface area (Å²) in [7, 11) is -6.01. The molecule has 1 aromatic heterocycles. The van der Waals surface area contributed by atoms with E-state index in [0.717, 1.165) is 10.6 Å². The summed E-state index contributed by atoms with van der Waals surface area (Å²) in [6.07, 6.45) is 2.39. The molecule has 0 aliphatic rings. The summed E-state index contributed by atoms with van der Waals surface area (Å²) in [6, 6.07) is 3.12. The lowest BCUT2D eigenvalue weighted by molar-refractivity contribution is 0.192. The van der Waals surface area contributed by atoms with E-state index in [2.05, 4.69) is 0 Å². The van der Waals surface area contributed by atoms with Crippen molar-refractivity contribution in [1.29, 1.82) is 0 Å². The van der Waals surface area contributed by atoms with Crippen LogP contribution in [0.25, 0.3) is 0 Å². The van der Waals surface area contributed by atoms with Gasteiger partial charge in [-0.25, -0.2) is 8.42 Å². The minimum atomic E-state index is -3.72. The Morgan fingerprint density at radius 2 is 1.90 bits per heavy atom. The number of hydrogen-bond donors (Lipinski definition) is 0. The zero-order chi connectivity index (χ0) is 15.4. The monoisotopic (exact) mass is 325 g/mol. The van der Waals surface area contributed by atoms with Gasteiger partial charge in [0.25, 0.3) is 0 Å². The Morgan fingerprint density at radius 3 is 2.25 bits per heavy atom. The SMILES string of the molecule is CCOP(=O)(OCC)C(c1ccco1)N(C)S(C)(=O)=O. The second-order valence-corrected chi connectivity index (χ2v) is 8.17. The van der Waals surface area contributed by atoms with Gasteiger partial charge in [0, 0.05) is 7.05 Å². The topological polar surface area (TPSA) is 86.1 Å². The molecule has 0 radical (unpaired) electrons. The highest BCUT2D eigenvalue weighted by atomic mass is 32.2. The molecule has 1 unspecified atom stereocenters. The fraction of sp³-hybridized carbons (Fsp3) is 0.636. The van der Waals surface area contributed by atoms with Crippen LogP contribution in [0.15, 0.2) is 22.8 Å². The predicted octanol–water partition coefficient (Wildman–Crippen LogP) is 2.44. The van der Waals surface area contributed by atoms with Gasteiger partial charge in [-0.05, 0) is 26.0 Å². The molecule has 0 fully saturated rings. The summed E-state index contributed by atoms with van der Waals surface area (Å²) in [5.74, 6) is -0.935. The summed E-state index contributed by atoms with van der Waals surface area (Å²) < 4.78 is 53.1. The third-order valence-corrected chi connectivity index (χ3v) is 6.43. The maximum Gasteiger partial charge on any atom is 0.356 e. The smallest absolute Gasteiger partial charge is 0.356 e. The predicted molar refractivity (Wildman–Crippen MR) is 74.9 cm³/mol. The molecule has 0 bridgehead atoms. The molecular weight excluding hydrogens is 305 g/mol. The van der Waals surface area contributed by atoms with Crippen LogP contribution in [-0.2, 0) is 23.6 Å². The molecule has 0 aromatic carbocycles. The third kappa shape index (κ3) is 3.93. The van der Waals surface area contributed by atoms with E-state index in [1.54, 1.807) is 19.9 Å². The average Bonchev–Trinajstić information content (AvgIpc) is 2.81. The molecule has 1 heterocycles. The minimum Gasteiger partial charge on any atom is -0.467 e. The quantitative estimate of drug-likeness (QED) is 0.682. The highest BCUT2D eigenvalue weighted by Crippen LogP contribution is 2.62. The van der Waals surface area contributed by atoms with Crippen molar-refractivity contribution >= 4 is 17.6 Å². The molecule has 1 atom stereocenters. The lowest BCUT2D eigenvalue weighted by atomic mass is 10.4. The molecule has 0 aliphatic carbocycles. The van der Waals surface area contributed by atoms with Crippen molar-refractivity contribution in [2.45, 2.75) is 19.6 Å². The zero-order valence-electron chi connectivity index (χ0n) is 12.0. The molecule has 116 valence electrons. The van der Waals surface area contributed by atoms with Crippen LogP contribution < -0.4 is 0 Å². The Bertz CT molecular complexity index is 545. The number of rotatable bonds is 8. The number of nitrogens with zero attached hydrogens (tertiary/aromatic N) is 1. The lowest BCUT2D eigenvalue weighted by Gasteiger charge is -2.30. The standard InChI is InChI=1S/C11H20NO6PS/c1-5-17-19(13,18-6-2)11(10-8-7-9-16-10)12(3)20(4,14)15/h7-9,11H,5-6H2,1-4H3. The van der Waals surface area contributed by atoms with Gasteiger partial charge >= 0.3 is 7.60 Å². The first-order chi connectivity index (χ1) is 9.26. The van der Waals surface area contributed by atoms with Gasteiger partial charge in [-0.15, -0.1) is 0 Å². The van der Waals surface area contributed by atoms with Crippen molar-refractivity contribution in [2.24, 2.45) is 0 Å². The second kappa shape index (κ2) is 6.87. The van der Waals surface area contributed by atoms with Crippen LogP contribution in [-0.4, -0.2) is 39.2 Å². The van der Waals surface area contributed by atoms with Crippen LogP contribution in [0.5, 0.6) is 0 Å². The molecule has 0 saturated heterocycles. The van der Waals surface area contributed by atoms with E-state index in [0.29, 0.717) is 0 Å². The largest absolute Gasteiger partial charge is 0.467 e. The summed E-state index contributed by atoms with van der Waals surface area (Å²) in [6.45, 7) is 3.58. The molecule has 0 spiro atoms. The van der Waals surface area contributed by atoms with E-state index in [-0.39, 0.29) is 19.0 Å². The van der Waals surface area contributed by atoms with E-state index in [1.807, 2.05) is 0 Å². The highest BCUT2D eigenvalue weighted by Gasteiger charge is 2.44. The van der Waals surface area contributed by atoms with Crippen molar-refractivity contribution in [3.05, 3.63) is 24.2 Å². The van der Waals surface area contributed by atoms with E-state index in [4.69, 9.17) is 13.5 Å². The molecule has 9 heteroatoms. The number of sulfonamides is 1. The molecule has 1 rings (SSSR count).